The molecule has 3 nitrogen and oxygen atoms in total. The van der Waals surface area contributed by atoms with Crippen LogP contribution in [0.15, 0.2) is 35.3 Å². The average molecular weight is 184 g/mol. The minimum absolute atomic E-state index is 0.0451. The Morgan fingerprint density at radius 2 is 2.14 bits per heavy atom. The highest BCUT2D eigenvalue weighted by molar-refractivity contribution is 6.03. The van der Waals surface area contributed by atoms with E-state index in [0.717, 1.165) is 16.6 Å². The van der Waals surface area contributed by atoms with Crippen LogP contribution >= 0.6 is 0 Å². The van der Waals surface area contributed by atoms with Gasteiger partial charge in [0.2, 0.25) is 0 Å². The molecule has 0 atom stereocenters. The Bertz CT molecular complexity index is 551. The summed E-state index contributed by atoms with van der Waals surface area (Å²) in [6.45, 7) is 0.256. The molecule has 0 saturated carbocycles. The van der Waals surface area contributed by atoms with Crippen molar-refractivity contribution in [2.24, 2.45) is 4.99 Å². The monoisotopic (exact) mass is 184 g/mol. The molecule has 1 aliphatic heterocycles. The number of nitrogens with zero attached hydrogens (tertiary/aromatic N) is 2. The Hall–Kier alpha value is -1.90. The van der Waals surface area contributed by atoms with Crippen molar-refractivity contribution in [1.29, 1.82) is 0 Å². The van der Waals surface area contributed by atoms with E-state index in [4.69, 9.17) is 0 Å². The van der Waals surface area contributed by atoms with Gasteiger partial charge in [0.15, 0.2) is 0 Å². The van der Waals surface area contributed by atoms with E-state index in [9.17, 15) is 4.79 Å². The van der Waals surface area contributed by atoms with E-state index in [0.29, 0.717) is 0 Å². The number of fused-ring (bicyclic) bond motifs is 3. The second-order valence-corrected chi connectivity index (χ2v) is 3.33. The van der Waals surface area contributed by atoms with Crippen LogP contribution in [0.25, 0.3) is 10.9 Å². The average Bonchev–Trinajstić information content (AvgIpc) is 2.57. The number of carbonyl (C=O) groups is 1. The highest BCUT2D eigenvalue weighted by Crippen LogP contribution is 2.19. The van der Waals surface area contributed by atoms with Crippen molar-refractivity contribution in [2.45, 2.75) is 0 Å². The first-order valence-corrected chi connectivity index (χ1v) is 4.50. The van der Waals surface area contributed by atoms with Crippen molar-refractivity contribution in [3.8, 4) is 0 Å². The van der Waals surface area contributed by atoms with Crippen molar-refractivity contribution in [3.63, 3.8) is 0 Å². The first-order valence-electron chi connectivity index (χ1n) is 4.50. The first kappa shape index (κ1) is 7.50. The van der Waals surface area contributed by atoms with Crippen LogP contribution in [0, 0.1) is 0 Å². The number of benzene rings is 1. The van der Waals surface area contributed by atoms with Crippen LogP contribution in [0.2, 0.25) is 0 Å². The molecular formula is C11H8N2O. The third-order valence-electron chi connectivity index (χ3n) is 2.44. The predicted octanol–water partition coefficient (Wildman–Crippen LogP) is 1.71. The lowest BCUT2D eigenvalue weighted by molar-refractivity contribution is 0.0926. The van der Waals surface area contributed by atoms with Gasteiger partial charge in [-0.2, -0.15) is 0 Å². The summed E-state index contributed by atoms with van der Waals surface area (Å²) in [5, 5.41) is 1.09. The lowest BCUT2D eigenvalue weighted by Crippen LogP contribution is -2.20. The number of carbonyl (C=O) groups excluding carboxylic acids is 1. The molecule has 0 radical (unpaired) electrons. The minimum atomic E-state index is 0.0451. The zero-order chi connectivity index (χ0) is 9.54. The second-order valence-electron chi connectivity index (χ2n) is 3.33. The fourth-order valence-electron chi connectivity index (χ4n) is 1.84. The van der Waals surface area contributed by atoms with E-state index >= 15 is 0 Å². The summed E-state index contributed by atoms with van der Waals surface area (Å²) < 4.78 is 1.72. The van der Waals surface area contributed by atoms with Gasteiger partial charge in [0.25, 0.3) is 5.91 Å². The summed E-state index contributed by atoms with van der Waals surface area (Å²) in [7, 11) is 0. The Balaban J connectivity index is 2.46. The Labute approximate surface area is 80.7 Å². The van der Waals surface area contributed by atoms with Gasteiger partial charge in [-0.3, -0.25) is 14.4 Å². The normalized spacial score (nSPS) is 14.7. The molecular weight excluding hydrogens is 176 g/mol. The number of aromatic nitrogens is 1. The second kappa shape index (κ2) is 2.54. The maximum Gasteiger partial charge on any atom is 0.253 e. The molecule has 0 aliphatic carbocycles. The highest BCUT2D eigenvalue weighted by atomic mass is 16.2. The molecule has 3 rings (SSSR count). The van der Waals surface area contributed by atoms with Gasteiger partial charge in [-0.05, 0) is 12.1 Å². The Kier molecular flexibility index (Phi) is 1.36. The van der Waals surface area contributed by atoms with Crippen molar-refractivity contribution >= 4 is 23.0 Å². The molecule has 0 spiro atoms. The van der Waals surface area contributed by atoms with Crippen LogP contribution in [0.1, 0.15) is 10.5 Å². The fourth-order valence-corrected chi connectivity index (χ4v) is 1.84. The summed E-state index contributed by atoms with van der Waals surface area (Å²) in [4.78, 5) is 15.6. The standard InChI is InChI=1S/C11H8N2O/c14-11-7-12-6-9-5-8-3-1-2-4-10(8)13(9)11/h1-6H,7H2. The molecule has 1 aromatic carbocycles. The third-order valence-corrected chi connectivity index (χ3v) is 2.44. The molecule has 14 heavy (non-hydrogen) atoms. The van der Waals surface area contributed by atoms with Crippen LogP contribution < -0.4 is 0 Å². The molecule has 1 aromatic heterocycles. The van der Waals surface area contributed by atoms with Crippen LogP contribution in [0.4, 0.5) is 0 Å². The SMILES string of the molecule is O=C1CN=Cc2cc3ccccc3n21. The molecule has 1 aliphatic rings. The molecule has 0 saturated heterocycles. The van der Waals surface area contributed by atoms with E-state index in [1.54, 1.807) is 10.8 Å². The summed E-state index contributed by atoms with van der Waals surface area (Å²) in [6.07, 6.45) is 1.75. The van der Waals surface area contributed by atoms with Crippen LogP contribution in [-0.4, -0.2) is 23.2 Å². The number of aliphatic imine (C=N–C) groups is 1. The van der Waals surface area contributed by atoms with E-state index in [2.05, 4.69) is 4.99 Å². The molecule has 2 heterocycles. The van der Waals surface area contributed by atoms with E-state index in [1.165, 1.54) is 0 Å². The van der Waals surface area contributed by atoms with Crippen LogP contribution in [0.5, 0.6) is 0 Å². The molecule has 3 heteroatoms. The zero-order valence-corrected chi connectivity index (χ0v) is 7.47. The lowest BCUT2D eigenvalue weighted by atomic mass is 10.2. The third kappa shape index (κ3) is 0.865. The molecule has 0 amide bonds. The highest BCUT2D eigenvalue weighted by Gasteiger charge is 2.15. The topological polar surface area (TPSA) is 34.4 Å². The van der Waals surface area contributed by atoms with Gasteiger partial charge in [-0.25, -0.2) is 0 Å². The minimum Gasteiger partial charge on any atom is -0.281 e. The molecule has 68 valence electrons. The number of hydrogen-bond acceptors (Lipinski definition) is 2. The van der Waals surface area contributed by atoms with E-state index in [-0.39, 0.29) is 12.5 Å². The maximum atomic E-state index is 11.6. The van der Waals surface area contributed by atoms with Gasteiger partial charge in [0.05, 0.1) is 11.2 Å². The number of para-hydroxylation sites is 1. The van der Waals surface area contributed by atoms with Gasteiger partial charge < -0.3 is 0 Å². The summed E-state index contributed by atoms with van der Waals surface area (Å²) in [5.41, 5.74) is 1.85. The zero-order valence-electron chi connectivity index (χ0n) is 7.47. The quantitative estimate of drug-likeness (QED) is 0.613. The van der Waals surface area contributed by atoms with Gasteiger partial charge in [-0.15, -0.1) is 0 Å². The first-order chi connectivity index (χ1) is 6.86. The summed E-state index contributed by atoms with van der Waals surface area (Å²) >= 11 is 0. The molecule has 0 N–H and O–H groups in total. The smallest absolute Gasteiger partial charge is 0.253 e. The van der Waals surface area contributed by atoms with Gasteiger partial charge in [0, 0.05) is 11.6 Å². The number of hydrogen-bond donors (Lipinski definition) is 0. The van der Waals surface area contributed by atoms with Crippen molar-refractivity contribution < 1.29 is 4.79 Å². The molecule has 0 unspecified atom stereocenters. The van der Waals surface area contributed by atoms with Crippen molar-refractivity contribution in [2.75, 3.05) is 6.54 Å². The van der Waals surface area contributed by atoms with Gasteiger partial charge >= 0.3 is 0 Å². The van der Waals surface area contributed by atoms with E-state index in [1.807, 2.05) is 30.3 Å². The van der Waals surface area contributed by atoms with Crippen molar-refractivity contribution in [3.05, 3.63) is 36.0 Å². The van der Waals surface area contributed by atoms with Crippen molar-refractivity contribution in [1.82, 2.24) is 4.57 Å². The van der Waals surface area contributed by atoms with Crippen LogP contribution in [0.3, 0.4) is 0 Å². The predicted molar refractivity (Wildman–Crippen MR) is 55.0 cm³/mol. The summed E-state index contributed by atoms with van der Waals surface area (Å²) in [5.74, 6) is 0.0451. The van der Waals surface area contributed by atoms with Crippen LogP contribution in [-0.2, 0) is 0 Å². The summed E-state index contributed by atoms with van der Waals surface area (Å²) in [6, 6.07) is 9.85. The van der Waals surface area contributed by atoms with Gasteiger partial charge in [-0.1, -0.05) is 18.2 Å². The Morgan fingerprint density at radius 1 is 1.29 bits per heavy atom. The fraction of sp³-hybridized carbons (Fsp3) is 0.0909. The molecule has 0 bridgehead atoms. The van der Waals surface area contributed by atoms with Gasteiger partial charge in [0.1, 0.15) is 6.54 Å². The maximum absolute atomic E-state index is 11.6. The lowest BCUT2D eigenvalue weighted by Gasteiger charge is -2.08. The molecule has 2 aromatic rings. The van der Waals surface area contributed by atoms with E-state index < -0.39 is 0 Å². The Morgan fingerprint density at radius 3 is 3.07 bits per heavy atom. The number of rotatable bonds is 0. The largest absolute Gasteiger partial charge is 0.281 e. The molecule has 0 fully saturated rings.